The van der Waals surface area contributed by atoms with Crippen LogP contribution in [-0.2, 0) is 11.3 Å². The van der Waals surface area contributed by atoms with Crippen LogP contribution in [0.1, 0.15) is 28.4 Å². The van der Waals surface area contributed by atoms with Crippen molar-refractivity contribution in [2.24, 2.45) is 0 Å². The molecular formula is C31H33N3O4S. The summed E-state index contributed by atoms with van der Waals surface area (Å²) in [6, 6.07) is 21.7. The van der Waals surface area contributed by atoms with E-state index in [0.717, 1.165) is 35.8 Å². The van der Waals surface area contributed by atoms with Gasteiger partial charge in [0, 0.05) is 50.2 Å². The first-order chi connectivity index (χ1) is 19.0. The molecule has 0 radical (unpaired) electrons. The molecule has 1 saturated heterocycles. The molecule has 0 unspecified atom stereocenters. The second-order valence-electron chi connectivity index (χ2n) is 9.55. The SMILES string of the molecule is CCOc1ccc(C=C2Sc3ccc(C(=O)N4CCN(Cc5ccccc5)CC4)cc3N(C)C2=O)cc1OC. The van der Waals surface area contributed by atoms with E-state index in [9.17, 15) is 9.59 Å². The average Bonchev–Trinajstić information content (AvgIpc) is 2.97. The molecule has 2 aliphatic rings. The van der Waals surface area contributed by atoms with Gasteiger partial charge in [-0.25, -0.2) is 0 Å². The van der Waals surface area contributed by atoms with Gasteiger partial charge in [0.05, 0.1) is 24.3 Å². The van der Waals surface area contributed by atoms with Crippen molar-refractivity contribution in [1.82, 2.24) is 9.80 Å². The number of benzene rings is 3. The Morgan fingerprint density at radius 2 is 1.74 bits per heavy atom. The van der Waals surface area contributed by atoms with E-state index >= 15 is 0 Å². The van der Waals surface area contributed by atoms with Crippen LogP contribution in [0.5, 0.6) is 11.5 Å². The number of carbonyl (C=O) groups excluding carboxylic acids is 2. The van der Waals surface area contributed by atoms with E-state index in [4.69, 9.17) is 9.47 Å². The zero-order valence-electron chi connectivity index (χ0n) is 22.6. The molecule has 2 amide bonds. The molecule has 2 heterocycles. The van der Waals surface area contributed by atoms with Crippen molar-refractivity contribution in [2.75, 3.05) is 51.8 Å². The first kappa shape index (κ1) is 26.8. The Labute approximate surface area is 234 Å². The highest BCUT2D eigenvalue weighted by Gasteiger charge is 2.29. The molecule has 202 valence electrons. The van der Waals surface area contributed by atoms with Crippen molar-refractivity contribution in [3.05, 3.63) is 88.3 Å². The lowest BCUT2D eigenvalue weighted by atomic mass is 10.1. The first-order valence-electron chi connectivity index (χ1n) is 13.1. The third-order valence-electron chi connectivity index (χ3n) is 7.00. The molecule has 5 rings (SSSR count). The Hall–Kier alpha value is -3.75. The Morgan fingerprint density at radius 1 is 0.974 bits per heavy atom. The van der Waals surface area contributed by atoms with Crippen molar-refractivity contribution in [1.29, 1.82) is 0 Å². The van der Waals surface area contributed by atoms with Gasteiger partial charge in [0.2, 0.25) is 0 Å². The first-order valence-corrected chi connectivity index (χ1v) is 14.0. The summed E-state index contributed by atoms with van der Waals surface area (Å²) in [4.78, 5) is 34.1. The van der Waals surface area contributed by atoms with Gasteiger partial charge in [-0.05, 0) is 54.5 Å². The Kier molecular flexibility index (Phi) is 8.24. The third-order valence-corrected chi connectivity index (χ3v) is 8.07. The number of ether oxygens (including phenoxy) is 2. The van der Waals surface area contributed by atoms with Crippen LogP contribution in [0.25, 0.3) is 6.08 Å². The molecule has 0 aromatic heterocycles. The number of carbonyl (C=O) groups is 2. The quantitative estimate of drug-likeness (QED) is 0.384. The molecular weight excluding hydrogens is 510 g/mol. The van der Waals surface area contributed by atoms with Crippen LogP contribution in [0.15, 0.2) is 76.5 Å². The molecule has 7 nitrogen and oxygen atoms in total. The minimum Gasteiger partial charge on any atom is -0.493 e. The maximum Gasteiger partial charge on any atom is 0.264 e. The van der Waals surface area contributed by atoms with E-state index in [0.29, 0.717) is 41.7 Å². The molecule has 0 bridgehead atoms. The van der Waals surface area contributed by atoms with E-state index in [1.54, 1.807) is 19.1 Å². The number of rotatable bonds is 7. The van der Waals surface area contributed by atoms with Crippen molar-refractivity contribution in [3.8, 4) is 11.5 Å². The lowest BCUT2D eigenvalue weighted by molar-refractivity contribution is -0.114. The normalized spacial score (nSPS) is 16.8. The number of piperazine rings is 1. The highest BCUT2D eigenvalue weighted by Crippen LogP contribution is 2.42. The number of thioether (sulfide) groups is 1. The number of methoxy groups -OCH3 is 1. The molecule has 0 atom stereocenters. The summed E-state index contributed by atoms with van der Waals surface area (Å²) in [7, 11) is 3.35. The average molecular weight is 544 g/mol. The lowest BCUT2D eigenvalue weighted by Gasteiger charge is -2.35. The van der Waals surface area contributed by atoms with Crippen LogP contribution >= 0.6 is 11.8 Å². The maximum absolute atomic E-state index is 13.3. The highest BCUT2D eigenvalue weighted by atomic mass is 32.2. The van der Waals surface area contributed by atoms with Gasteiger partial charge in [0.25, 0.3) is 11.8 Å². The maximum atomic E-state index is 13.3. The molecule has 39 heavy (non-hydrogen) atoms. The van der Waals surface area contributed by atoms with Gasteiger partial charge in [0.15, 0.2) is 11.5 Å². The summed E-state index contributed by atoms with van der Waals surface area (Å²) in [5.74, 6) is 1.18. The van der Waals surface area contributed by atoms with E-state index in [1.807, 2.05) is 60.4 Å². The molecule has 0 N–H and O–H groups in total. The van der Waals surface area contributed by atoms with E-state index < -0.39 is 0 Å². The Bertz CT molecular complexity index is 1380. The number of hydrogen-bond acceptors (Lipinski definition) is 6. The molecule has 0 aliphatic carbocycles. The van der Waals surface area contributed by atoms with Crippen LogP contribution in [0.3, 0.4) is 0 Å². The summed E-state index contributed by atoms with van der Waals surface area (Å²) in [5.41, 5.74) is 3.49. The number of amides is 2. The lowest BCUT2D eigenvalue weighted by Crippen LogP contribution is -2.48. The van der Waals surface area contributed by atoms with Crippen molar-refractivity contribution < 1.29 is 19.1 Å². The minimum absolute atomic E-state index is 0.00540. The summed E-state index contributed by atoms with van der Waals surface area (Å²) < 4.78 is 11.1. The summed E-state index contributed by atoms with van der Waals surface area (Å²) >= 11 is 1.42. The predicted molar refractivity (Wildman–Crippen MR) is 155 cm³/mol. The van der Waals surface area contributed by atoms with E-state index in [1.165, 1.54) is 17.3 Å². The molecule has 1 fully saturated rings. The monoisotopic (exact) mass is 543 g/mol. The molecule has 3 aromatic carbocycles. The van der Waals surface area contributed by atoms with Crippen molar-refractivity contribution in [3.63, 3.8) is 0 Å². The Morgan fingerprint density at radius 3 is 2.46 bits per heavy atom. The van der Waals surface area contributed by atoms with Gasteiger partial charge in [-0.15, -0.1) is 0 Å². The van der Waals surface area contributed by atoms with Gasteiger partial charge >= 0.3 is 0 Å². The van der Waals surface area contributed by atoms with Crippen LogP contribution < -0.4 is 14.4 Å². The fourth-order valence-electron chi connectivity index (χ4n) is 4.86. The predicted octanol–water partition coefficient (Wildman–Crippen LogP) is 5.16. The zero-order chi connectivity index (χ0) is 27.4. The molecule has 8 heteroatoms. The topological polar surface area (TPSA) is 62.3 Å². The molecule has 0 spiro atoms. The van der Waals surface area contributed by atoms with E-state index in [-0.39, 0.29) is 11.8 Å². The second-order valence-corrected chi connectivity index (χ2v) is 10.6. The van der Waals surface area contributed by atoms with E-state index in [2.05, 4.69) is 29.2 Å². The van der Waals surface area contributed by atoms with Crippen LogP contribution in [0, 0.1) is 0 Å². The van der Waals surface area contributed by atoms with Crippen molar-refractivity contribution >= 4 is 35.3 Å². The smallest absolute Gasteiger partial charge is 0.264 e. The summed E-state index contributed by atoms with van der Waals surface area (Å²) in [5, 5.41) is 0. The number of nitrogens with zero attached hydrogens (tertiary/aromatic N) is 3. The van der Waals surface area contributed by atoms with Crippen LogP contribution in [0.2, 0.25) is 0 Å². The standard InChI is InChI=1S/C31H33N3O4S/c1-4-38-26-12-10-23(18-27(26)37-3)19-29-31(36)32(2)25-20-24(11-13-28(25)39-29)30(35)34-16-14-33(15-17-34)21-22-8-6-5-7-9-22/h5-13,18-20H,4,14-17,21H2,1-3H3. The third kappa shape index (κ3) is 5.97. The Balaban J connectivity index is 1.28. The molecule has 2 aliphatic heterocycles. The minimum atomic E-state index is -0.112. The van der Waals surface area contributed by atoms with Gasteiger partial charge in [-0.1, -0.05) is 48.2 Å². The van der Waals surface area contributed by atoms with Crippen LogP contribution in [0.4, 0.5) is 5.69 Å². The zero-order valence-corrected chi connectivity index (χ0v) is 23.4. The second kappa shape index (κ2) is 12.0. The number of fused-ring (bicyclic) bond motifs is 1. The number of likely N-dealkylation sites (N-methyl/N-ethyl adjacent to an activating group) is 1. The highest BCUT2D eigenvalue weighted by molar-refractivity contribution is 8.04. The number of hydrogen-bond donors (Lipinski definition) is 0. The fraction of sp³-hybridized carbons (Fsp3) is 0.290. The van der Waals surface area contributed by atoms with Gasteiger partial charge in [-0.2, -0.15) is 0 Å². The van der Waals surface area contributed by atoms with Crippen LogP contribution in [-0.4, -0.2) is 68.6 Å². The summed E-state index contributed by atoms with van der Waals surface area (Å²) in [6.45, 7) is 6.41. The largest absolute Gasteiger partial charge is 0.493 e. The van der Waals surface area contributed by atoms with Gasteiger partial charge < -0.3 is 19.3 Å². The molecule has 3 aromatic rings. The molecule has 0 saturated carbocycles. The fourth-order valence-corrected chi connectivity index (χ4v) is 5.95. The number of anilines is 1. The van der Waals surface area contributed by atoms with Gasteiger partial charge in [-0.3, -0.25) is 14.5 Å². The van der Waals surface area contributed by atoms with Gasteiger partial charge in [0.1, 0.15) is 0 Å². The van der Waals surface area contributed by atoms with Crippen molar-refractivity contribution in [2.45, 2.75) is 18.4 Å². The summed E-state index contributed by atoms with van der Waals surface area (Å²) in [6.07, 6.45) is 1.86.